The SMILES string of the molecule is Cc1ccc([C@@H](O)CNC(=O)[C@H]2CCO[C@@H]2c2cnn(C)c2)o1. The third-order valence-electron chi connectivity index (χ3n) is 4.04. The first-order valence-electron chi connectivity index (χ1n) is 7.67. The van der Waals surface area contributed by atoms with E-state index >= 15 is 0 Å². The van der Waals surface area contributed by atoms with E-state index in [1.807, 2.05) is 20.2 Å². The topological polar surface area (TPSA) is 89.5 Å². The fraction of sp³-hybridized carbons (Fsp3) is 0.500. The first-order valence-corrected chi connectivity index (χ1v) is 7.67. The van der Waals surface area contributed by atoms with Crippen LogP contribution in [0.25, 0.3) is 0 Å². The Bertz CT molecular complexity index is 678. The molecular weight excluding hydrogens is 298 g/mol. The normalized spacial score (nSPS) is 22.2. The predicted octanol–water partition coefficient (Wildman–Crippen LogP) is 1.25. The molecule has 3 rings (SSSR count). The molecule has 23 heavy (non-hydrogen) atoms. The van der Waals surface area contributed by atoms with Gasteiger partial charge in [0.2, 0.25) is 5.91 Å². The van der Waals surface area contributed by atoms with Crippen molar-refractivity contribution in [1.29, 1.82) is 0 Å². The molecule has 1 aliphatic heterocycles. The van der Waals surface area contributed by atoms with Crippen molar-refractivity contribution < 1.29 is 19.1 Å². The molecule has 3 atom stereocenters. The number of ether oxygens (including phenoxy) is 1. The van der Waals surface area contributed by atoms with Crippen LogP contribution in [0.4, 0.5) is 0 Å². The zero-order valence-electron chi connectivity index (χ0n) is 13.2. The van der Waals surface area contributed by atoms with Gasteiger partial charge in [-0.1, -0.05) is 0 Å². The molecule has 1 fully saturated rings. The van der Waals surface area contributed by atoms with Gasteiger partial charge in [0.25, 0.3) is 0 Å². The van der Waals surface area contributed by atoms with E-state index in [1.165, 1.54) is 0 Å². The van der Waals surface area contributed by atoms with Crippen molar-refractivity contribution in [2.24, 2.45) is 13.0 Å². The van der Waals surface area contributed by atoms with Crippen molar-refractivity contribution in [2.75, 3.05) is 13.2 Å². The lowest BCUT2D eigenvalue weighted by atomic mass is 9.96. The summed E-state index contributed by atoms with van der Waals surface area (Å²) in [6, 6.07) is 3.49. The number of rotatable bonds is 5. The molecule has 2 aromatic rings. The fourth-order valence-corrected chi connectivity index (χ4v) is 2.84. The van der Waals surface area contributed by atoms with Crippen LogP contribution in [0, 0.1) is 12.8 Å². The van der Waals surface area contributed by atoms with Crippen LogP contribution in [0.2, 0.25) is 0 Å². The molecule has 1 aliphatic rings. The van der Waals surface area contributed by atoms with Gasteiger partial charge in [-0.3, -0.25) is 9.48 Å². The number of amides is 1. The summed E-state index contributed by atoms with van der Waals surface area (Å²) in [7, 11) is 1.83. The van der Waals surface area contributed by atoms with Crippen LogP contribution in [-0.2, 0) is 16.6 Å². The van der Waals surface area contributed by atoms with Crippen LogP contribution in [0.1, 0.15) is 35.7 Å². The van der Waals surface area contributed by atoms with Crippen LogP contribution in [0.3, 0.4) is 0 Å². The van der Waals surface area contributed by atoms with E-state index in [4.69, 9.17) is 9.15 Å². The number of aryl methyl sites for hydroxylation is 2. The smallest absolute Gasteiger partial charge is 0.226 e. The van der Waals surface area contributed by atoms with Gasteiger partial charge in [0, 0.05) is 25.4 Å². The maximum Gasteiger partial charge on any atom is 0.226 e. The monoisotopic (exact) mass is 319 g/mol. The predicted molar refractivity (Wildman–Crippen MR) is 81.4 cm³/mol. The van der Waals surface area contributed by atoms with Crippen LogP contribution >= 0.6 is 0 Å². The van der Waals surface area contributed by atoms with Crippen molar-refractivity contribution >= 4 is 5.91 Å². The van der Waals surface area contributed by atoms with Gasteiger partial charge in [-0.15, -0.1) is 0 Å². The highest BCUT2D eigenvalue weighted by atomic mass is 16.5. The zero-order valence-corrected chi connectivity index (χ0v) is 13.2. The minimum Gasteiger partial charge on any atom is -0.464 e. The second-order valence-corrected chi connectivity index (χ2v) is 5.84. The Kier molecular flexibility index (Phi) is 4.49. The molecule has 1 amide bonds. The second-order valence-electron chi connectivity index (χ2n) is 5.84. The van der Waals surface area contributed by atoms with E-state index in [1.54, 1.807) is 23.0 Å². The number of nitrogens with one attached hydrogen (secondary N) is 1. The first kappa shape index (κ1) is 15.8. The molecule has 124 valence electrons. The van der Waals surface area contributed by atoms with Crippen molar-refractivity contribution in [3.63, 3.8) is 0 Å². The standard InChI is InChI=1S/C16H21N3O4/c1-10-3-4-14(23-10)13(20)8-17-16(21)12-5-6-22-15(12)11-7-18-19(2)9-11/h3-4,7,9,12-13,15,20H,5-6,8H2,1-2H3,(H,17,21)/t12-,13-,15+/m0/s1. The molecule has 2 N–H and O–H groups in total. The third-order valence-corrected chi connectivity index (χ3v) is 4.04. The van der Waals surface area contributed by atoms with E-state index in [9.17, 15) is 9.90 Å². The summed E-state index contributed by atoms with van der Waals surface area (Å²) in [5.41, 5.74) is 0.896. The van der Waals surface area contributed by atoms with Gasteiger partial charge >= 0.3 is 0 Å². The molecule has 0 spiro atoms. The van der Waals surface area contributed by atoms with E-state index < -0.39 is 6.10 Å². The van der Waals surface area contributed by atoms with E-state index in [2.05, 4.69) is 10.4 Å². The summed E-state index contributed by atoms with van der Waals surface area (Å²) in [5, 5.41) is 17.0. The van der Waals surface area contributed by atoms with Gasteiger partial charge in [-0.05, 0) is 25.5 Å². The fourth-order valence-electron chi connectivity index (χ4n) is 2.84. The molecule has 0 radical (unpaired) electrons. The summed E-state index contributed by atoms with van der Waals surface area (Å²) >= 11 is 0. The van der Waals surface area contributed by atoms with Crippen LogP contribution in [-0.4, -0.2) is 33.9 Å². The average Bonchev–Trinajstić information content (AvgIpc) is 3.24. The molecule has 0 aliphatic carbocycles. The van der Waals surface area contributed by atoms with Gasteiger partial charge in [0.1, 0.15) is 17.6 Å². The largest absolute Gasteiger partial charge is 0.464 e. The Morgan fingerprint density at radius 3 is 3.04 bits per heavy atom. The Labute approximate surface area is 134 Å². The van der Waals surface area contributed by atoms with E-state index in [0.717, 1.165) is 11.3 Å². The Morgan fingerprint density at radius 2 is 2.39 bits per heavy atom. The number of hydrogen-bond donors (Lipinski definition) is 2. The summed E-state index contributed by atoms with van der Waals surface area (Å²) in [5.74, 6) is 0.781. The van der Waals surface area contributed by atoms with Gasteiger partial charge in [0.15, 0.2) is 0 Å². The molecule has 2 aromatic heterocycles. The highest BCUT2D eigenvalue weighted by Gasteiger charge is 2.36. The summed E-state index contributed by atoms with van der Waals surface area (Å²) < 4.78 is 12.7. The van der Waals surface area contributed by atoms with E-state index in [0.29, 0.717) is 18.8 Å². The lowest BCUT2D eigenvalue weighted by Gasteiger charge is -2.18. The maximum absolute atomic E-state index is 12.4. The second kappa shape index (κ2) is 6.55. The summed E-state index contributed by atoms with van der Waals surface area (Å²) in [4.78, 5) is 12.4. The molecule has 7 heteroatoms. The minimum absolute atomic E-state index is 0.113. The van der Waals surface area contributed by atoms with Gasteiger partial charge in [0.05, 0.1) is 24.8 Å². The zero-order chi connectivity index (χ0) is 16.4. The maximum atomic E-state index is 12.4. The summed E-state index contributed by atoms with van der Waals surface area (Å²) in [6.07, 6.45) is 3.09. The Balaban J connectivity index is 1.59. The summed E-state index contributed by atoms with van der Waals surface area (Å²) in [6.45, 7) is 2.46. The van der Waals surface area contributed by atoms with Crippen molar-refractivity contribution in [3.8, 4) is 0 Å². The quantitative estimate of drug-likeness (QED) is 0.866. The number of nitrogens with zero attached hydrogens (tertiary/aromatic N) is 2. The van der Waals surface area contributed by atoms with Crippen LogP contribution < -0.4 is 5.32 Å². The molecular formula is C16H21N3O4. The average molecular weight is 319 g/mol. The third kappa shape index (κ3) is 3.46. The number of aliphatic hydroxyl groups is 1. The molecule has 0 unspecified atom stereocenters. The van der Waals surface area contributed by atoms with E-state index in [-0.39, 0.29) is 24.5 Å². The highest BCUT2D eigenvalue weighted by molar-refractivity contribution is 5.79. The highest BCUT2D eigenvalue weighted by Crippen LogP contribution is 2.34. The van der Waals surface area contributed by atoms with Gasteiger partial charge in [-0.2, -0.15) is 5.10 Å². The van der Waals surface area contributed by atoms with Crippen molar-refractivity contribution in [3.05, 3.63) is 41.6 Å². The molecule has 0 aromatic carbocycles. The molecule has 0 saturated carbocycles. The number of carbonyl (C=O) groups is 1. The number of aromatic nitrogens is 2. The van der Waals surface area contributed by atoms with Gasteiger partial charge in [-0.25, -0.2) is 0 Å². The minimum atomic E-state index is -0.855. The molecule has 3 heterocycles. The Morgan fingerprint density at radius 1 is 1.57 bits per heavy atom. The van der Waals surface area contributed by atoms with Crippen molar-refractivity contribution in [2.45, 2.75) is 25.6 Å². The van der Waals surface area contributed by atoms with Gasteiger partial charge < -0.3 is 19.6 Å². The lowest BCUT2D eigenvalue weighted by molar-refractivity contribution is -0.127. The van der Waals surface area contributed by atoms with Crippen LogP contribution in [0.5, 0.6) is 0 Å². The van der Waals surface area contributed by atoms with Crippen LogP contribution in [0.15, 0.2) is 28.9 Å². The number of furan rings is 1. The number of carbonyl (C=O) groups excluding carboxylic acids is 1. The number of hydrogen-bond acceptors (Lipinski definition) is 5. The molecule has 1 saturated heterocycles. The number of aliphatic hydroxyl groups excluding tert-OH is 1. The molecule has 7 nitrogen and oxygen atoms in total. The van der Waals surface area contributed by atoms with Crippen molar-refractivity contribution in [1.82, 2.24) is 15.1 Å². The molecule has 0 bridgehead atoms. The Hall–Kier alpha value is -2.12. The lowest BCUT2D eigenvalue weighted by Crippen LogP contribution is -2.35. The first-order chi connectivity index (χ1) is 11.0.